The number of methoxy groups -OCH3 is 1. The molecule has 1 N–H and O–H groups in total. The summed E-state index contributed by atoms with van der Waals surface area (Å²) in [6.45, 7) is 6.40. The number of hydrogen-bond acceptors (Lipinski definition) is 2. The summed E-state index contributed by atoms with van der Waals surface area (Å²) in [5.41, 5.74) is 2.26. The summed E-state index contributed by atoms with van der Waals surface area (Å²) in [6.07, 6.45) is 0.639. The number of ether oxygens (including phenoxy) is 1. The zero-order valence-electron chi connectivity index (χ0n) is 10.7. The first kappa shape index (κ1) is 12.9. The molecule has 3 heteroatoms. The van der Waals surface area contributed by atoms with Crippen LogP contribution in [0, 0.1) is 18.3 Å². The van der Waals surface area contributed by atoms with Gasteiger partial charge in [-0.15, -0.1) is 0 Å². The van der Waals surface area contributed by atoms with Crippen molar-refractivity contribution in [3.63, 3.8) is 0 Å². The lowest BCUT2D eigenvalue weighted by atomic mass is 9.98. The summed E-state index contributed by atoms with van der Waals surface area (Å²) in [4.78, 5) is 0. The first-order valence-corrected chi connectivity index (χ1v) is 6.68. The highest BCUT2D eigenvalue weighted by Gasteiger charge is 2.50. The van der Waals surface area contributed by atoms with E-state index in [1.54, 1.807) is 7.11 Å². The SMILES string of the molecule is COc1cc(C)c(Br)cc1C(O)C1CC1(C)C. The molecule has 17 heavy (non-hydrogen) atoms. The lowest BCUT2D eigenvalue weighted by molar-refractivity contribution is 0.135. The molecule has 0 aliphatic heterocycles. The third-order valence-electron chi connectivity index (χ3n) is 3.80. The van der Waals surface area contributed by atoms with E-state index >= 15 is 0 Å². The highest BCUT2D eigenvalue weighted by Crippen LogP contribution is 2.58. The second-order valence-electron chi connectivity index (χ2n) is 5.59. The van der Waals surface area contributed by atoms with Gasteiger partial charge in [0.2, 0.25) is 0 Å². The van der Waals surface area contributed by atoms with Gasteiger partial charge in [0.1, 0.15) is 5.75 Å². The van der Waals surface area contributed by atoms with Crippen molar-refractivity contribution in [1.82, 2.24) is 0 Å². The van der Waals surface area contributed by atoms with Crippen molar-refractivity contribution in [3.8, 4) is 5.75 Å². The Balaban J connectivity index is 2.34. The quantitative estimate of drug-likeness (QED) is 0.918. The van der Waals surface area contributed by atoms with Gasteiger partial charge in [-0.2, -0.15) is 0 Å². The number of aliphatic hydroxyl groups excluding tert-OH is 1. The van der Waals surface area contributed by atoms with Crippen LogP contribution in [0.2, 0.25) is 0 Å². The van der Waals surface area contributed by atoms with Crippen molar-refractivity contribution >= 4 is 15.9 Å². The van der Waals surface area contributed by atoms with Gasteiger partial charge in [0.15, 0.2) is 0 Å². The van der Waals surface area contributed by atoms with Gasteiger partial charge < -0.3 is 9.84 Å². The molecular formula is C14H19BrO2. The lowest BCUT2D eigenvalue weighted by Crippen LogP contribution is -2.07. The Morgan fingerprint density at radius 3 is 2.53 bits per heavy atom. The molecule has 0 saturated heterocycles. The van der Waals surface area contributed by atoms with E-state index in [2.05, 4.69) is 29.8 Å². The van der Waals surface area contributed by atoms with Crippen molar-refractivity contribution < 1.29 is 9.84 Å². The molecule has 1 aromatic carbocycles. The van der Waals surface area contributed by atoms with Crippen LogP contribution in [0.5, 0.6) is 5.75 Å². The van der Waals surface area contributed by atoms with Gasteiger partial charge in [0, 0.05) is 10.0 Å². The molecule has 2 unspecified atom stereocenters. The summed E-state index contributed by atoms with van der Waals surface area (Å²) in [7, 11) is 1.65. The van der Waals surface area contributed by atoms with E-state index in [0.29, 0.717) is 5.92 Å². The Bertz CT molecular complexity index is 440. The third-order valence-corrected chi connectivity index (χ3v) is 4.65. The van der Waals surface area contributed by atoms with Gasteiger partial charge in [-0.05, 0) is 42.4 Å². The van der Waals surface area contributed by atoms with Crippen LogP contribution < -0.4 is 4.74 Å². The average molecular weight is 299 g/mol. The van der Waals surface area contributed by atoms with E-state index in [1.165, 1.54) is 0 Å². The van der Waals surface area contributed by atoms with Gasteiger partial charge in [0.05, 0.1) is 13.2 Å². The zero-order chi connectivity index (χ0) is 12.8. The molecule has 0 spiro atoms. The van der Waals surface area contributed by atoms with Crippen molar-refractivity contribution in [2.24, 2.45) is 11.3 Å². The third kappa shape index (κ3) is 2.36. The summed E-state index contributed by atoms with van der Waals surface area (Å²) in [5, 5.41) is 10.4. The van der Waals surface area contributed by atoms with Crippen LogP contribution in [0.15, 0.2) is 16.6 Å². The molecule has 0 amide bonds. The number of halogens is 1. The standard InChI is InChI=1S/C14H19BrO2/c1-8-5-12(17-4)9(6-11(8)15)13(16)10-7-14(10,2)3/h5-6,10,13,16H,7H2,1-4H3. The molecule has 1 saturated carbocycles. The van der Waals surface area contributed by atoms with E-state index in [-0.39, 0.29) is 5.41 Å². The maximum Gasteiger partial charge on any atom is 0.125 e. The minimum Gasteiger partial charge on any atom is -0.496 e. The molecule has 0 aromatic heterocycles. The van der Waals surface area contributed by atoms with Crippen LogP contribution in [0.1, 0.15) is 37.5 Å². The lowest BCUT2D eigenvalue weighted by Gasteiger charge is -2.17. The van der Waals surface area contributed by atoms with Crippen LogP contribution in [-0.4, -0.2) is 12.2 Å². The van der Waals surface area contributed by atoms with Gasteiger partial charge in [-0.1, -0.05) is 29.8 Å². The van der Waals surface area contributed by atoms with Crippen LogP contribution in [-0.2, 0) is 0 Å². The largest absolute Gasteiger partial charge is 0.496 e. The van der Waals surface area contributed by atoms with E-state index in [9.17, 15) is 5.11 Å². The van der Waals surface area contributed by atoms with Gasteiger partial charge in [-0.25, -0.2) is 0 Å². The molecule has 94 valence electrons. The maximum atomic E-state index is 10.4. The van der Waals surface area contributed by atoms with Crippen LogP contribution in [0.3, 0.4) is 0 Å². The Morgan fingerprint density at radius 2 is 2.06 bits per heavy atom. The molecule has 0 radical (unpaired) electrons. The highest BCUT2D eigenvalue weighted by molar-refractivity contribution is 9.10. The second kappa shape index (κ2) is 4.29. The summed E-state index contributed by atoms with van der Waals surface area (Å²) >= 11 is 3.51. The summed E-state index contributed by atoms with van der Waals surface area (Å²) < 4.78 is 6.39. The van der Waals surface area contributed by atoms with E-state index in [4.69, 9.17) is 4.74 Å². The number of rotatable bonds is 3. The predicted octanol–water partition coefficient (Wildman–Crippen LogP) is 3.85. The van der Waals surface area contributed by atoms with Crippen LogP contribution in [0.25, 0.3) is 0 Å². The highest BCUT2D eigenvalue weighted by atomic mass is 79.9. The molecule has 1 aliphatic rings. The van der Waals surface area contributed by atoms with Crippen molar-refractivity contribution in [1.29, 1.82) is 0 Å². The fraction of sp³-hybridized carbons (Fsp3) is 0.571. The number of aryl methyl sites for hydroxylation is 1. The van der Waals surface area contributed by atoms with Crippen LogP contribution in [0.4, 0.5) is 0 Å². The summed E-state index contributed by atoms with van der Waals surface area (Å²) in [5.74, 6) is 1.12. The first-order chi connectivity index (χ1) is 7.86. The minimum absolute atomic E-state index is 0.252. The number of benzene rings is 1. The van der Waals surface area contributed by atoms with Gasteiger partial charge in [0.25, 0.3) is 0 Å². The monoisotopic (exact) mass is 298 g/mol. The van der Waals surface area contributed by atoms with Crippen molar-refractivity contribution in [2.75, 3.05) is 7.11 Å². The van der Waals surface area contributed by atoms with E-state index in [0.717, 1.165) is 27.8 Å². The molecule has 2 rings (SSSR count). The molecule has 2 nitrogen and oxygen atoms in total. The number of hydrogen-bond donors (Lipinski definition) is 1. The van der Waals surface area contributed by atoms with Crippen LogP contribution >= 0.6 is 15.9 Å². The fourth-order valence-corrected chi connectivity index (χ4v) is 2.70. The molecule has 1 aromatic rings. The summed E-state index contributed by atoms with van der Waals surface area (Å²) in [6, 6.07) is 3.95. The second-order valence-corrected chi connectivity index (χ2v) is 6.44. The molecule has 2 atom stereocenters. The van der Waals surface area contributed by atoms with Crippen molar-refractivity contribution in [3.05, 3.63) is 27.7 Å². The molecule has 1 fully saturated rings. The molecule has 0 heterocycles. The minimum atomic E-state index is -0.433. The van der Waals surface area contributed by atoms with Crippen molar-refractivity contribution in [2.45, 2.75) is 33.3 Å². The molecule has 0 bridgehead atoms. The molecular weight excluding hydrogens is 280 g/mol. The average Bonchev–Trinajstić information content (AvgIpc) is 2.90. The smallest absolute Gasteiger partial charge is 0.125 e. The van der Waals surface area contributed by atoms with Gasteiger partial charge >= 0.3 is 0 Å². The Kier molecular flexibility index (Phi) is 3.25. The predicted molar refractivity (Wildman–Crippen MR) is 72.3 cm³/mol. The van der Waals surface area contributed by atoms with E-state index in [1.807, 2.05) is 19.1 Å². The number of aliphatic hydroxyl groups is 1. The maximum absolute atomic E-state index is 10.4. The zero-order valence-corrected chi connectivity index (χ0v) is 12.3. The Morgan fingerprint density at radius 1 is 1.47 bits per heavy atom. The first-order valence-electron chi connectivity index (χ1n) is 5.89. The molecule has 1 aliphatic carbocycles. The fourth-order valence-electron chi connectivity index (χ4n) is 2.34. The topological polar surface area (TPSA) is 29.5 Å². The Hall–Kier alpha value is -0.540. The Labute approximate surface area is 111 Å². The van der Waals surface area contributed by atoms with E-state index < -0.39 is 6.10 Å². The van der Waals surface area contributed by atoms with Gasteiger partial charge in [-0.3, -0.25) is 0 Å². The normalized spacial score (nSPS) is 23.3.